The quantitative estimate of drug-likeness (QED) is 0.504. The monoisotopic (exact) mass is 379 g/mol. The number of hydrogen-bond donors (Lipinski definition) is 0. The van der Waals surface area contributed by atoms with Crippen LogP contribution in [-0.2, 0) is 14.4 Å². The SMILES string of the molecule is CC(=O)CCCCCCN1C(=O)C(Br)=C(Br)C1=O. The molecular weight excluding hydrogens is 366 g/mol. The second-order valence-electron chi connectivity index (χ2n) is 4.26. The molecule has 0 saturated heterocycles. The van der Waals surface area contributed by atoms with Crippen molar-refractivity contribution in [2.24, 2.45) is 0 Å². The average Bonchev–Trinajstić information content (AvgIpc) is 2.50. The summed E-state index contributed by atoms with van der Waals surface area (Å²) in [6.07, 6.45) is 4.13. The van der Waals surface area contributed by atoms with Gasteiger partial charge in [-0.2, -0.15) is 0 Å². The molecule has 100 valence electrons. The van der Waals surface area contributed by atoms with Gasteiger partial charge in [0.25, 0.3) is 11.8 Å². The van der Waals surface area contributed by atoms with Crippen LogP contribution in [0.1, 0.15) is 39.0 Å². The Balaban J connectivity index is 2.24. The number of halogens is 2. The van der Waals surface area contributed by atoms with Crippen molar-refractivity contribution in [1.82, 2.24) is 4.90 Å². The summed E-state index contributed by atoms with van der Waals surface area (Å²) < 4.78 is 0.591. The minimum absolute atomic E-state index is 0.206. The van der Waals surface area contributed by atoms with Crippen molar-refractivity contribution in [3.05, 3.63) is 8.96 Å². The van der Waals surface area contributed by atoms with Crippen LogP contribution in [0.3, 0.4) is 0 Å². The van der Waals surface area contributed by atoms with E-state index < -0.39 is 0 Å². The van der Waals surface area contributed by atoms with Gasteiger partial charge in [-0.05, 0) is 51.6 Å². The van der Waals surface area contributed by atoms with Gasteiger partial charge in [0.1, 0.15) is 14.7 Å². The van der Waals surface area contributed by atoms with Crippen molar-refractivity contribution in [3.8, 4) is 0 Å². The molecule has 18 heavy (non-hydrogen) atoms. The second-order valence-corrected chi connectivity index (χ2v) is 5.84. The topological polar surface area (TPSA) is 54.5 Å². The van der Waals surface area contributed by atoms with E-state index in [-0.39, 0.29) is 17.6 Å². The fourth-order valence-electron chi connectivity index (χ4n) is 1.72. The van der Waals surface area contributed by atoms with Crippen molar-refractivity contribution < 1.29 is 14.4 Å². The van der Waals surface area contributed by atoms with Crippen LogP contribution in [-0.4, -0.2) is 29.0 Å². The third-order valence-electron chi connectivity index (χ3n) is 2.72. The molecule has 0 aromatic heterocycles. The van der Waals surface area contributed by atoms with E-state index in [1.165, 1.54) is 4.90 Å². The molecule has 0 N–H and O–H groups in total. The zero-order valence-corrected chi connectivity index (χ0v) is 13.3. The van der Waals surface area contributed by atoms with Crippen LogP contribution in [0.4, 0.5) is 0 Å². The molecule has 0 atom stereocenters. The number of hydrogen-bond acceptors (Lipinski definition) is 3. The maximum atomic E-state index is 11.7. The summed E-state index contributed by atoms with van der Waals surface area (Å²) in [5, 5.41) is 0. The lowest BCUT2D eigenvalue weighted by Crippen LogP contribution is -2.32. The van der Waals surface area contributed by atoms with E-state index in [1.807, 2.05) is 0 Å². The van der Waals surface area contributed by atoms with Crippen molar-refractivity contribution in [2.45, 2.75) is 39.0 Å². The van der Waals surface area contributed by atoms with E-state index in [9.17, 15) is 14.4 Å². The number of amides is 2. The van der Waals surface area contributed by atoms with Crippen molar-refractivity contribution in [3.63, 3.8) is 0 Å². The standard InChI is InChI=1S/C12H15Br2NO3/c1-8(16)6-4-2-3-5-7-15-11(17)9(13)10(14)12(15)18/h2-7H2,1H3. The molecular formula is C12H15Br2NO3. The third-order valence-corrected chi connectivity index (χ3v) is 4.72. The first-order valence-electron chi connectivity index (χ1n) is 5.86. The molecule has 0 aromatic rings. The number of imide groups is 1. The molecule has 1 rings (SSSR count). The summed E-state index contributed by atoms with van der Waals surface area (Å²) in [5.74, 6) is -0.358. The number of carbonyl (C=O) groups is 3. The lowest BCUT2D eigenvalue weighted by Gasteiger charge is -2.13. The highest BCUT2D eigenvalue weighted by molar-refractivity contribution is 9.14. The van der Waals surface area contributed by atoms with Gasteiger partial charge in [0.2, 0.25) is 0 Å². The maximum absolute atomic E-state index is 11.7. The highest BCUT2D eigenvalue weighted by atomic mass is 79.9. The number of unbranched alkanes of at least 4 members (excludes halogenated alkanes) is 3. The summed E-state index contributed by atoms with van der Waals surface area (Å²) in [4.78, 5) is 35.3. The Bertz CT molecular complexity index is 380. The first-order valence-corrected chi connectivity index (χ1v) is 7.44. The summed E-state index contributed by atoms with van der Waals surface area (Å²) in [5.41, 5.74) is 0. The highest BCUT2D eigenvalue weighted by Crippen LogP contribution is 2.29. The average molecular weight is 381 g/mol. The predicted octanol–water partition coefficient (Wildman–Crippen LogP) is 2.90. The largest absolute Gasteiger partial charge is 0.300 e. The number of ketones is 1. The lowest BCUT2D eigenvalue weighted by atomic mass is 10.1. The number of nitrogens with zero attached hydrogens (tertiary/aromatic N) is 1. The summed E-state index contributed by atoms with van der Waals surface area (Å²) in [6, 6.07) is 0. The van der Waals surface area contributed by atoms with Gasteiger partial charge in [0, 0.05) is 13.0 Å². The lowest BCUT2D eigenvalue weighted by molar-refractivity contribution is -0.137. The smallest absolute Gasteiger partial charge is 0.269 e. The Hall–Kier alpha value is -0.490. The van der Waals surface area contributed by atoms with Gasteiger partial charge in [0.15, 0.2) is 0 Å². The summed E-state index contributed by atoms with van der Waals surface area (Å²) in [6.45, 7) is 2.02. The molecule has 0 aliphatic carbocycles. The fraction of sp³-hybridized carbons (Fsp3) is 0.583. The molecule has 2 amide bonds. The van der Waals surface area contributed by atoms with Gasteiger partial charge in [-0.25, -0.2) is 0 Å². The number of Topliss-reactive ketones (excluding diaryl/α,β-unsaturated/α-hetero) is 1. The van der Waals surface area contributed by atoms with Crippen LogP contribution in [0.2, 0.25) is 0 Å². The minimum atomic E-state index is -0.282. The molecule has 1 heterocycles. The van der Waals surface area contributed by atoms with Crippen LogP contribution >= 0.6 is 31.9 Å². The molecule has 0 aromatic carbocycles. The molecule has 0 radical (unpaired) electrons. The maximum Gasteiger partial charge on any atom is 0.269 e. The Morgan fingerprint density at radius 3 is 2.00 bits per heavy atom. The summed E-state index contributed by atoms with van der Waals surface area (Å²) >= 11 is 6.17. The molecule has 0 bridgehead atoms. The van der Waals surface area contributed by atoms with Crippen LogP contribution < -0.4 is 0 Å². The van der Waals surface area contributed by atoms with Crippen LogP contribution in [0.25, 0.3) is 0 Å². The molecule has 6 heteroatoms. The molecule has 0 fully saturated rings. The van der Waals surface area contributed by atoms with Gasteiger partial charge in [-0.1, -0.05) is 12.8 Å². The molecule has 0 saturated carbocycles. The zero-order chi connectivity index (χ0) is 13.7. The number of carbonyl (C=O) groups excluding carboxylic acids is 3. The second kappa shape index (κ2) is 7.19. The Kier molecular flexibility index (Phi) is 6.21. The van der Waals surface area contributed by atoms with Crippen molar-refractivity contribution >= 4 is 49.5 Å². The van der Waals surface area contributed by atoms with Crippen molar-refractivity contribution in [2.75, 3.05) is 6.54 Å². The summed E-state index contributed by atoms with van der Waals surface area (Å²) in [7, 11) is 0. The molecule has 1 aliphatic heterocycles. The Morgan fingerprint density at radius 1 is 1.00 bits per heavy atom. The van der Waals surface area contributed by atoms with E-state index in [4.69, 9.17) is 0 Å². The van der Waals surface area contributed by atoms with E-state index in [2.05, 4.69) is 31.9 Å². The van der Waals surface area contributed by atoms with Crippen molar-refractivity contribution in [1.29, 1.82) is 0 Å². The van der Waals surface area contributed by atoms with E-state index in [1.54, 1.807) is 6.92 Å². The van der Waals surface area contributed by atoms with E-state index >= 15 is 0 Å². The molecule has 0 unspecified atom stereocenters. The van der Waals surface area contributed by atoms with Gasteiger partial charge < -0.3 is 4.79 Å². The minimum Gasteiger partial charge on any atom is -0.300 e. The normalized spacial score (nSPS) is 15.8. The molecule has 0 spiro atoms. The van der Waals surface area contributed by atoms with Crippen LogP contribution in [0.5, 0.6) is 0 Å². The number of rotatable bonds is 7. The van der Waals surface area contributed by atoms with Gasteiger partial charge in [-0.3, -0.25) is 14.5 Å². The van der Waals surface area contributed by atoms with E-state index in [0.29, 0.717) is 21.9 Å². The third kappa shape index (κ3) is 4.02. The molecule has 4 nitrogen and oxygen atoms in total. The van der Waals surface area contributed by atoms with Gasteiger partial charge >= 0.3 is 0 Å². The fourth-order valence-corrected chi connectivity index (χ4v) is 2.48. The van der Waals surface area contributed by atoms with Gasteiger partial charge in [0.05, 0.1) is 0 Å². The molecule has 1 aliphatic rings. The Morgan fingerprint density at radius 2 is 1.50 bits per heavy atom. The zero-order valence-electron chi connectivity index (χ0n) is 10.2. The highest BCUT2D eigenvalue weighted by Gasteiger charge is 2.35. The van der Waals surface area contributed by atoms with Gasteiger partial charge in [-0.15, -0.1) is 0 Å². The van der Waals surface area contributed by atoms with E-state index in [0.717, 1.165) is 25.7 Å². The first kappa shape index (κ1) is 15.6. The first-order chi connectivity index (χ1) is 8.45. The Labute approximate surface area is 123 Å². The van der Waals surface area contributed by atoms with Crippen LogP contribution in [0.15, 0.2) is 8.96 Å². The van der Waals surface area contributed by atoms with Crippen LogP contribution in [0, 0.1) is 0 Å². The predicted molar refractivity (Wildman–Crippen MR) is 75.4 cm³/mol.